The van der Waals surface area contributed by atoms with Crippen molar-refractivity contribution in [1.29, 1.82) is 0 Å². The van der Waals surface area contributed by atoms with Crippen LogP contribution in [-0.4, -0.2) is 17.4 Å². The molecule has 0 spiro atoms. The topological polar surface area (TPSA) is 36.4 Å². The summed E-state index contributed by atoms with van der Waals surface area (Å²) in [6.45, 7) is 2.12. The molecule has 0 bridgehead atoms. The van der Waals surface area contributed by atoms with E-state index in [1.165, 1.54) is 37.7 Å². The fraction of sp³-hybridized carbons (Fsp3) is 0.500. The minimum absolute atomic E-state index is 0.279. The zero-order valence-electron chi connectivity index (χ0n) is 12.0. The van der Waals surface area contributed by atoms with Gasteiger partial charge in [-0.25, -0.2) is 0 Å². The van der Waals surface area contributed by atoms with Crippen molar-refractivity contribution in [2.24, 2.45) is 5.10 Å². The molecule has 2 N–H and O–H groups in total. The maximum atomic E-state index is 5.27. The van der Waals surface area contributed by atoms with Crippen molar-refractivity contribution >= 4 is 23.5 Å². The Kier molecular flexibility index (Phi) is 5.99. The average Bonchev–Trinajstić information content (AvgIpc) is 2.49. The van der Waals surface area contributed by atoms with Crippen LogP contribution in [-0.2, 0) is 0 Å². The van der Waals surface area contributed by atoms with E-state index in [0.29, 0.717) is 11.2 Å². The molecule has 2 rings (SSSR count). The number of hydrogen-bond acceptors (Lipinski definition) is 2. The van der Waals surface area contributed by atoms with Crippen LogP contribution in [0.4, 0.5) is 0 Å². The molecular formula is C16H23N3S. The van der Waals surface area contributed by atoms with E-state index >= 15 is 0 Å². The lowest BCUT2D eigenvalue weighted by atomic mass is 9.96. The molecule has 0 amide bonds. The Morgan fingerprint density at radius 2 is 1.95 bits per heavy atom. The Bertz CT molecular complexity index is 438. The molecule has 1 fully saturated rings. The highest BCUT2D eigenvalue weighted by atomic mass is 32.1. The molecule has 0 heterocycles. The summed E-state index contributed by atoms with van der Waals surface area (Å²) in [6, 6.07) is 10.8. The van der Waals surface area contributed by atoms with Gasteiger partial charge >= 0.3 is 0 Å². The molecule has 20 heavy (non-hydrogen) atoms. The van der Waals surface area contributed by atoms with E-state index in [-0.39, 0.29) is 5.92 Å². The van der Waals surface area contributed by atoms with Gasteiger partial charge in [0.2, 0.25) is 0 Å². The number of hydrogen-bond donors (Lipinski definition) is 2. The molecule has 4 heteroatoms. The van der Waals surface area contributed by atoms with Crippen LogP contribution >= 0.6 is 12.2 Å². The lowest BCUT2D eigenvalue weighted by molar-refractivity contribution is 0.412. The standard InChI is InChI=1S/C16H23N3S/c1-13(14-8-4-2-5-9-14)12-17-19-16(20)18-15-10-6-3-7-11-15/h2,4-5,8-9,12-13,15H,3,6-7,10-11H2,1H3,(H2,18,19,20)/b17-12-/t13-/m1/s1. The summed E-state index contributed by atoms with van der Waals surface area (Å²) in [4.78, 5) is 0. The van der Waals surface area contributed by atoms with Gasteiger partial charge in [-0.1, -0.05) is 56.5 Å². The predicted molar refractivity (Wildman–Crippen MR) is 89.1 cm³/mol. The molecular weight excluding hydrogens is 266 g/mol. The van der Waals surface area contributed by atoms with E-state index in [1.54, 1.807) is 0 Å². The van der Waals surface area contributed by atoms with E-state index < -0.39 is 0 Å². The summed E-state index contributed by atoms with van der Waals surface area (Å²) in [6.07, 6.45) is 8.27. The van der Waals surface area contributed by atoms with Gasteiger partial charge in [-0.05, 0) is 30.6 Å². The van der Waals surface area contributed by atoms with E-state index in [0.717, 1.165) is 0 Å². The second-order valence-corrected chi connectivity index (χ2v) is 5.81. The molecule has 0 aromatic heterocycles. The molecule has 108 valence electrons. The third-order valence-electron chi connectivity index (χ3n) is 3.73. The van der Waals surface area contributed by atoms with E-state index in [2.05, 4.69) is 34.9 Å². The van der Waals surface area contributed by atoms with Crippen LogP contribution in [0.15, 0.2) is 35.4 Å². The Morgan fingerprint density at radius 3 is 2.65 bits per heavy atom. The van der Waals surface area contributed by atoms with Gasteiger partial charge in [0, 0.05) is 18.2 Å². The lowest BCUT2D eigenvalue weighted by Crippen LogP contribution is -2.40. The zero-order chi connectivity index (χ0) is 14.2. The molecule has 1 aromatic rings. The summed E-state index contributed by atoms with van der Waals surface area (Å²) in [7, 11) is 0. The first-order valence-electron chi connectivity index (χ1n) is 7.40. The van der Waals surface area contributed by atoms with Gasteiger partial charge in [0.25, 0.3) is 0 Å². The molecule has 3 nitrogen and oxygen atoms in total. The van der Waals surface area contributed by atoms with E-state index in [1.807, 2.05) is 24.4 Å². The molecule has 0 aliphatic heterocycles. The summed E-state index contributed by atoms with van der Waals surface area (Å²) < 4.78 is 0. The molecule has 1 atom stereocenters. The fourth-order valence-electron chi connectivity index (χ4n) is 2.51. The molecule has 0 saturated heterocycles. The van der Waals surface area contributed by atoms with Gasteiger partial charge in [-0.2, -0.15) is 5.10 Å². The van der Waals surface area contributed by atoms with Crippen molar-refractivity contribution in [2.45, 2.75) is 51.0 Å². The van der Waals surface area contributed by atoms with E-state index in [4.69, 9.17) is 12.2 Å². The van der Waals surface area contributed by atoms with Gasteiger partial charge in [0.05, 0.1) is 0 Å². The Hall–Kier alpha value is -1.42. The zero-order valence-corrected chi connectivity index (χ0v) is 12.8. The number of nitrogens with zero attached hydrogens (tertiary/aromatic N) is 1. The lowest BCUT2D eigenvalue weighted by Gasteiger charge is -2.23. The molecule has 1 aromatic carbocycles. The third-order valence-corrected chi connectivity index (χ3v) is 3.94. The maximum absolute atomic E-state index is 5.27. The van der Waals surface area contributed by atoms with Crippen LogP contribution < -0.4 is 10.7 Å². The average molecular weight is 289 g/mol. The van der Waals surface area contributed by atoms with Crippen molar-refractivity contribution in [2.75, 3.05) is 0 Å². The number of nitrogens with one attached hydrogen (secondary N) is 2. The van der Waals surface area contributed by atoms with Gasteiger partial charge in [-0.3, -0.25) is 5.43 Å². The molecule has 0 radical (unpaired) electrons. The number of benzene rings is 1. The second-order valence-electron chi connectivity index (χ2n) is 5.40. The van der Waals surface area contributed by atoms with Crippen molar-refractivity contribution < 1.29 is 0 Å². The Morgan fingerprint density at radius 1 is 1.25 bits per heavy atom. The van der Waals surface area contributed by atoms with Gasteiger partial charge in [0.1, 0.15) is 0 Å². The third kappa shape index (κ3) is 4.93. The molecule has 1 aliphatic carbocycles. The fourth-order valence-corrected chi connectivity index (χ4v) is 2.73. The first kappa shape index (κ1) is 15.0. The van der Waals surface area contributed by atoms with Crippen LogP contribution in [0.2, 0.25) is 0 Å². The highest BCUT2D eigenvalue weighted by Crippen LogP contribution is 2.17. The SMILES string of the molecule is C[C@H](/C=N\NC(=S)NC1CCCCC1)c1ccccc1. The minimum atomic E-state index is 0.279. The largest absolute Gasteiger partial charge is 0.359 e. The highest BCUT2D eigenvalue weighted by Gasteiger charge is 2.13. The molecule has 1 saturated carbocycles. The first-order chi connectivity index (χ1) is 9.75. The highest BCUT2D eigenvalue weighted by molar-refractivity contribution is 7.80. The maximum Gasteiger partial charge on any atom is 0.187 e. The summed E-state index contributed by atoms with van der Waals surface area (Å²) >= 11 is 5.27. The second kappa shape index (κ2) is 8.00. The minimum Gasteiger partial charge on any atom is -0.359 e. The smallest absolute Gasteiger partial charge is 0.187 e. The quantitative estimate of drug-likeness (QED) is 0.505. The Balaban J connectivity index is 1.73. The monoisotopic (exact) mass is 289 g/mol. The summed E-state index contributed by atoms with van der Waals surface area (Å²) in [5.74, 6) is 0.279. The van der Waals surface area contributed by atoms with Crippen LogP contribution in [0.5, 0.6) is 0 Å². The molecule has 1 aliphatic rings. The normalized spacial score (nSPS) is 17.9. The van der Waals surface area contributed by atoms with Gasteiger partial charge in [-0.15, -0.1) is 0 Å². The van der Waals surface area contributed by atoms with Gasteiger partial charge < -0.3 is 5.32 Å². The summed E-state index contributed by atoms with van der Waals surface area (Å²) in [5.41, 5.74) is 4.17. The first-order valence-corrected chi connectivity index (χ1v) is 7.81. The van der Waals surface area contributed by atoms with Crippen molar-refractivity contribution in [3.05, 3.63) is 35.9 Å². The predicted octanol–water partition coefficient (Wildman–Crippen LogP) is 3.57. The molecule has 0 unspecified atom stereocenters. The van der Waals surface area contributed by atoms with Crippen LogP contribution in [0, 0.1) is 0 Å². The number of rotatable bonds is 4. The van der Waals surface area contributed by atoms with Crippen LogP contribution in [0.3, 0.4) is 0 Å². The number of hydrazone groups is 1. The van der Waals surface area contributed by atoms with E-state index in [9.17, 15) is 0 Å². The Labute approximate surface area is 126 Å². The summed E-state index contributed by atoms with van der Waals surface area (Å²) in [5, 5.41) is 8.21. The van der Waals surface area contributed by atoms with Crippen molar-refractivity contribution in [3.8, 4) is 0 Å². The van der Waals surface area contributed by atoms with Crippen LogP contribution in [0.25, 0.3) is 0 Å². The van der Waals surface area contributed by atoms with Gasteiger partial charge in [0.15, 0.2) is 5.11 Å². The van der Waals surface area contributed by atoms with Crippen LogP contribution in [0.1, 0.15) is 50.5 Å². The number of thiocarbonyl (C=S) groups is 1. The van der Waals surface area contributed by atoms with Crippen molar-refractivity contribution in [1.82, 2.24) is 10.7 Å². The van der Waals surface area contributed by atoms with Crippen molar-refractivity contribution in [3.63, 3.8) is 0 Å².